The molecule has 0 spiro atoms. The summed E-state index contributed by atoms with van der Waals surface area (Å²) in [6, 6.07) is 7.29. The van der Waals surface area contributed by atoms with Crippen LogP contribution in [0.2, 0.25) is 0 Å². The van der Waals surface area contributed by atoms with Crippen LogP contribution in [0.5, 0.6) is 5.75 Å². The predicted octanol–water partition coefficient (Wildman–Crippen LogP) is 1.54. The van der Waals surface area contributed by atoms with Gasteiger partial charge in [0.15, 0.2) is 6.61 Å². The Balaban J connectivity index is 2.00. The van der Waals surface area contributed by atoms with Crippen molar-refractivity contribution in [3.8, 4) is 5.75 Å². The summed E-state index contributed by atoms with van der Waals surface area (Å²) in [5.41, 5.74) is 1.08. The third kappa shape index (κ3) is 3.54. The van der Waals surface area contributed by atoms with E-state index in [9.17, 15) is 9.59 Å². The maximum absolute atomic E-state index is 12.2. The van der Waals surface area contributed by atoms with Crippen molar-refractivity contribution >= 4 is 11.8 Å². The first-order chi connectivity index (χ1) is 10.0. The standard InChI is InChI=1S/C16H22N2O3/c1-11(2)13-6-4-5-7-14(13)21-10-15(19)18-9-8-17-16(20)12(18)3/h4-7,11-12H,8-10H2,1-3H3,(H,17,20). The van der Waals surface area contributed by atoms with Crippen LogP contribution in [0.3, 0.4) is 0 Å². The number of para-hydroxylation sites is 1. The van der Waals surface area contributed by atoms with E-state index in [1.54, 1.807) is 11.8 Å². The zero-order valence-corrected chi connectivity index (χ0v) is 12.8. The van der Waals surface area contributed by atoms with Gasteiger partial charge in [-0.25, -0.2) is 0 Å². The summed E-state index contributed by atoms with van der Waals surface area (Å²) in [6.45, 7) is 6.89. The number of piperazine rings is 1. The van der Waals surface area contributed by atoms with Gasteiger partial charge in [0.25, 0.3) is 5.91 Å². The van der Waals surface area contributed by atoms with Crippen LogP contribution in [-0.2, 0) is 9.59 Å². The maximum Gasteiger partial charge on any atom is 0.261 e. The number of nitrogens with one attached hydrogen (secondary N) is 1. The molecule has 1 atom stereocenters. The molecule has 5 heteroatoms. The van der Waals surface area contributed by atoms with Crippen LogP contribution in [0, 0.1) is 0 Å². The fourth-order valence-corrected chi connectivity index (χ4v) is 2.43. The summed E-state index contributed by atoms with van der Waals surface area (Å²) in [4.78, 5) is 25.4. The summed E-state index contributed by atoms with van der Waals surface area (Å²) in [6.07, 6.45) is 0. The number of carbonyl (C=O) groups is 2. The number of ether oxygens (including phenoxy) is 1. The first-order valence-electron chi connectivity index (χ1n) is 7.29. The fourth-order valence-electron chi connectivity index (χ4n) is 2.43. The number of benzene rings is 1. The van der Waals surface area contributed by atoms with Gasteiger partial charge in [0.05, 0.1) is 0 Å². The average molecular weight is 290 g/mol. The smallest absolute Gasteiger partial charge is 0.261 e. The number of carbonyl (C=O) groups excluding carboxylic acids is 2. The predicted molar refractivity (Wildman–Crippen MR) is 80.2 cm³/mol. The summed E-state index contributed by atoms with van der Waals surface area (Å²) >= 11 is 0. The van der Waals surface area contributed by atoms with E-state index in [1.165, 1.54) is 0 Å². The van der Waals surface area contributed by atoms with Crippen molar-refractivity contribution in [1.82, 2.24) is 10.2 Å². The molecule has 0 aromatic heterocycles. The Morgan fingerprint density at radius 2 is 2.14 bits per heavy atom. The Morgan fingerprint density at radius 3 is 2.86 bits per heavy atom. The summed E-state index contributed by atoms with van der Waals surface area (Å²) in [7, 11) is 0. The van der Waals surface area contributed by atoms with Crippen LogP contribution >= 0.6 is 0 Å². The zero-order chi connectivity index (χ0) is 15.4. The normalized spacial score (nSPS) is 18.6. The van der Waals surface area contributed by atoms with E-state index in [4.69, 9.17) is 4.74 Å². The zero-order valence-electron chi connectivity index (χ0n) is 12.8. The monoisotopic (exact) mass is 290 g/mol. The Kier molecular flexibility index (Phi) is 4.83. The summed E-state index contributed by atoms with van der Waals surface area (Å²) in [5.74, 6) is 0.791. The molecule has 2 amide bonds. The van der Waals surface area contributed by atoms with E-state index in [0.717, 1.165) is 11.3 Å². The molecule has 0 bridgehead atoms. The molecule has 1 aromatic rings. The Morgan fingerprint density at radius 1 is 1.43 bits per heavy atom. The minimum absolute atomic E-state index is 0.0403. The molecule has 2 rings (SSSR count). The minimum atomic E-state index is -0.435. The van der Waals surface area contributed by atoms with Crippen LogP contribution in [0.15, 0.2) is 24.3 Å². The van der Waals surface area contributed by atoms with Gasteiger partial charge in [-0.1, -0.05) is 32.0 Å². The summed E-state index contributed by atoms with van der Waals surface area (Å²) < 4.78 is 5.67. The first kappa shape index (κ1) is 15.4. The second kappa shape index (κ2) is 6.61. The molecule has 0 aliphatic carbocycles. The molecule has 5 nitrogen and oxygen atoms in total. The van der Waals surface area contributed by atoms with Crippen LogP contribution in [0.25, 0.3) is 0 Å². The molecule has 0 saturated carbocycles. The number of hydrogen-bond donors (Lipinski definition) is 1. The molecule has 1 N–H and O–H groups in total. The molecule has 1 unspecified atom stereocenters. The van der Waals surface area contributed by atoms with Crippen molar-refractivity contribution in [2.45, 2.75) is 32.7 Å². The van der Waals surface area contributed by atoms with Crippen LogP contribution < -0.4 is 10.1 Å². The Bertz CT molecular complexity index is 528. The van der Waals surface area contributed by atoms with Crippen molar-refractivity contribution in [2.75, 3.05) is 19.7 Å². The molecule has 1 saturated heterocycles. The van der Waals surface area contributed by atoms with Crippen LogP contribution in [-0.4, -0.2) is 42.5 Å². The van der Waals surface area contributed by atoms with E-state index >= 15 is 0 Å². The van der Waals surface area contributed by atoms with Crippen molar-refractivity contribution in [1.29, 1.82) is 0 Å². The minimum Gasteiger partial charge on any atom is -0.483 e. The molecule has 1 fully saturated rings. The average Bonchev–Trinajstić information content (AvgIpc) is 2.47. The van der Waals surface area contributed by atoms with Gasteiger partial charge in [0, 0.05) is 13.1 Å². The lowest BCUT2D eigenvalue weighted by molar-refractivity contribution is -0.143. The van der Waals surface area contributed by atoms with Crippen LogP contribution in [0.4, 0.5) is 0 Å². The molecule has 114 valence electrons. The maximum atomic E-state index is 12.2. The molecule has 1 aliphatic heterocycles. The molecule has 0 radical (unpaired) electrons. The lowest BCUT2D eigenvalue weighted by Crippen LogP contribution is -2.56. The second-order valence-corrected chi connectivity index (χ2v) is 5.54. The first-order valence-corrected chi connectivity index (χ1v) is 7.29. The third-order valence-electron chi connectivity index (χ3n) is 3.71. The van der Waals surface area contributed by atoms with Gasteiger partial charge in [-0.2, -0.15) is 0 Å². The lowest BCUT2D eigenvalue weighted by atomic mass is 10.0. The number of amides is 2. The van der Waals surface area contributed by atoms with Crippen molar-refractivity contribution in [2.24, 2.45) is 0 Å². The Labute approximate surface area is 125 Å². The summed E-state index contributed by atoms with van der Waals surface area (Å²) in [5, 5.41) is 2.74. The Hall–Kier alpha value is -2.04. The van der Waals surface area contributed by atoms with E-state index < -0.39 is 6.04 Å². The highest BCUT2D eigenvalue weighted by Gasteiger charge is 2.29. The van der Waals surface area contributed by atoms with E-state index in [0.29, 0.717) is 19.0 Å². The van der Waals surface area contributed by atoms with Gasteiger partial charge >= 0.3 is 0 Å². The quantitative estimate of drug-likeness (QED) is 0.915. The van der Waals surface area contributed by atoms with E-state index in [2.05, 4.69) is 19.2 Å². The third-order valence-corrected chi connectivity index (χ3v) is 3.71. The lowest BCUT2D eigenvalue weighted by Gasteiger charge is -2.32. The molecular formula is C16H22N2O3. The number of rotatable bonds is 4. The van der Waals surface area contributed by atoms with Gasteiger partial charge in [0.2, 0.25) is 5.91 Å². The van der Waals surface area contributed by atoms with Crippen LogP contribution in [0.1, 0.15) is 32.3 Å². The highest BCUT2D eigenvalue weighted by molar-refractivity contribution is 5.89. The molecule has 1 heterocycles. The highest BCUT2D eigenvalue weighted by atomic mass is 16.5. The van der Waals surface area contributed by atoms with Gasteiger partial charge in [0.1, 0.15) is 11.8 Å². The fraction of sp³-hybridized carbons (Fsp3) is 0.500. The largest absolute Gasteiger partial charge is 0.483 e. The second-order valence-electron chi connectivity index (χ2n) is 5.54. The van der Waals surface area contributed by atoms with Crippen molar-refractivity contribution in [3.05, 3.63) is 29.8 Å². The highest BCUT2D eigenvalue weighted by Crippen LogP contribution is 2.25. The SMILES string of the molecule is CC(C)c1ccccc1OCC(=O)N1CCNC(=O)C1C. The van der Waals surface area contributed by atoms with E-state index in [1.807, 2.05) is 24.3 Å². The van der Waals surface area contributed by atoms with Crippen molar-refractivity contribution < 1.29 is 14.3 Å². The topological polar surface area (TPSA) is 58.6 Å². The van der Waals surface area contributed by atoms with Crippen molar-refractivity contribution in [3.63, 3.8) is 0 Å². The molecule has 1 aromatic carbocycles. The number of nitrogens with zero attached hydrogens (tertiary/aromatic N) is 1. The molecule has 21 heavy (non-hydrogen) atoms. The van der Waals surface area contributed by atoms with E-state index in [-0.39, 0.29) is 18.4 Å². The number of hydrogen-bond acceptors (Lipinski definition) is 3. The van der Waals surface area contributed by atoms with Gasteiger partial charge in [-0.05, 0) is 24.5 Å². The van der Waals surface area contributed by atoms with Gasteiger partial charge < -0.3 is 15.0 Å². The van der Waals surface area contributed by atoms with Gasteiger partial charge in [-0.3, -0.25) is 9.59 Å². The molecule has 1 aliphatic rings. The molecular weight excluding hydrogens is 268 g/mol. The van der Waals surface area contributed by atoms with Gasteiger partial charge in [-0.15, -0.1) is 0 Å².